The quantitative estimate of drug-likeness (QED) is 0.724. The lowest BCUT2D eigenvalue weighted by Gasteiger charge is -2.22. The molecule has 1 rings (SSSR count). The number of rotatable bonds is 2. The Bertz CT molecular complexity index is 411. The van der Waals surface area contributed by atoms with E-state index in [1.165, 1.54) is 23.2 Å². The third-order valence-corrected chi connectivity index (χ3v) is 2.56. The summed E-state index contributed by atoms with van der Waals surface area (Å²) < 4.78 is 16.6. The maximum Gasteiger partial charge on any atom is 0.335 e. The highest BCUT2D eigenvalue weighted by Crippen LogP contribution is 2.17. The molecule has 136 valence electrons. The van der Waals surface area contributed by atoms with E-state index in [1.807, 2.05) is 13.8 Å². The molecule has 0 unspecified atom stereocenters. The molecule has 0 aliphatic heterocycles. The van der Waals surface area contributed by atoms with Crippen molar-refractivity contribution in [2.24, 2.45) is 5.92 Å². The topological polar surface area (TPSA) is 46.2 Å². The van der Waals surface area contributed by atoms with Gasteiger partial charge in [-0.1, -0.05) is 47.1 Å². The largest absolute Gasteiger partial charge is 0.380 e. The fourth-order valence-corrected chi connectivity index (χ4v) is 1.48. The van der Waals surface area contributed by atoms with Gasteiger partial charge in [0.1, 0.15) is 0 Å². The SMILES string of the molecule is CC.CCC(C)C.Cc1cc(C)cc(NC(C)(C)C)c1.O=S=O. The molecule has 23 heavy (non-hydrogen) atoms. The van der Waals surface area contributed by atoms with Crippen molar-refractivity contribution >= 4 is 17.3 Å². The minimum atomic E-state index is -0.750. The van der Waals surface area contributed by atoms with Crippen LogP contribution < -0.4 is 5.32 Å². The molecule has 0 aliphatic rings. The van der Waals surface area contributed by atoms with Gasteiger partial charge in [0, 0.05) is 11.2 Å². The Morgan fingerprint density at radius 2 is 1.30 bits per heavy atom. The second-order valence-corrected chi connectivity index (χ2v) is 6.76. The number of hydrogen-bond acceptors (Lipinski definition) is 3. The summed E-state index contributed by atoms with van der Waals surface area (Å²) in [5.41, 5.74) is 3.98. The fourth-order valence-electron chi connectivity index (χ4n) is 1.48. The monoisotopic (exact) mass is 343 g/mol. The van der Waals surface area contributed by atoms with Crippen LogP contribution in [0, 0.1) is 19.8 Å². The van der Waals surface area contributed by atoms with Crippen molar-refractivity contribution < 1.29 is 8.42 Å². The van der Waals surface area contributed by atoms with Gasteiger partial charge in [0.2, 0.25) is 0 Å². The molecular weight excluding hydrogens is 306 g/mol. The van der Waals surface area contributed by atoms with Crippen LogP contribution in [0.5, 0.6) is 0 Å². The average molecular weight is 344 g/mol. The maximum absolute atomic E-state index is 8.29. The van der Waals surface area contributed by atoms with E-state index in [0.29, 0.717) is 0 Å². The van der Waals surface area contributed by atoms with Gasteiger partial charge in [-0.3, -0.25) is 0 Å². The molecule has 0 aromatic heterocycles. The van der Waals surface area contributed by atoms with E-state index in [2.05, 4.69) is 78.9 Å². The van der Waals surface area contributed by atoms with Gasteiger partial charge in [0.25, 0.3) is 0 Å². The first-order valence-electron chi connectivity index (χ1n) is 8.34. The Hall–Kier alpha value is -1.16. The number of anilines is 1. The highest BCUT2D eigenvalue weighted by Gasteiger charge is 2.08. The average Bonchev–Trinajstić information content (AvgIpc) is 2.39. The summed E-state index contributed by atoms with van der Waals surface area (Å²) in [6, 6.07) is 6.55. The van der Waals surface area contributed by atoms with Gasteiger partial charge in [-0.25, -0.2) is 0 Å². The standard InChI is InChI=1S/C12H19N.C5H12.C2H6.O2S/c1-9-6-10(2)8-11(7-9)13-12(3,4)5;1-4-5(2)3;1-2;1-3-2/h6-8,13H,1-5H3;5H,4H2,1-3H3;1-2H3;. The van der Waals surface area contributed by atoms with Crippen LogP contribution in [0.25, 0.3) is 0 Å². The van der Waals surface area contributed by atoms with Crippen molar-refractivity contribution in [1.29, 1.82) is 0 Å². The lowest BCUT2D eigenvalue weighted by molar-refractivity contribution is 0.626. The number of benzene rings is 1. The summed E-state index contributed by atoms with van der Waals surface area (Å²) in [5.74, 6) is 0.884. The summed E-state index contributed by atoms with van der Waals surface area (Å²) in [4.78, 5) is 0. The second kappa shape index (κ2) is 15.7. The van der Waals surface area contributed by atoms with Gasteiger partial charge in [-0.2, -0.15) is 8.42 Å². The summed E-state index contributed by atoms with van der Waals surface area (Å²) in [7, 11) is 0. The van der Waals surface area contributed by atoms with E-state index >= 15 is 0 Å². The number of aryl methyl sites for hydroxylation is 2. The lowest BCUT2D eigenvalue weighted by atomic mass is 10.1. The van der Waals surface area contributed by atoms with Crippen molar-refractivity contribution in [3.05, 3.63) is 29.3 Å². The van der Waals surface area contributed by atoms with Crippen LogP contribution in [0.15, 0.2) is 18.2 Å². The van der Waals surface area contributed by atoms with Crippen molar-refractivity contribution in [3.8, 4) is 0 Å². The summed E-state index contributed by atoms with van der Waals surface area (Å²) in [5, 5.41) is 3.46. The molecule has 3 nitrogen and oxygen atoms in total. The van der Waals surface area contributed by atoms with Gasteiger partial charge in [0.05, 0.1) is 0 Å². The zero-order chi connectivity index (χ0) is 19.1. The Balaban J connectivity index is -0.000000334. The maximum atomic E-state index is 8.29. The molecule has 0 saturated heterocycles. The molecule has 0 heterocycles. The number of hydrogen-bond donors (Lipinski definition) is 1. The molecule has 0 fully saturated rings. The van der Waals surface area contributed by atoms with Gasteiger partial charge >= 0.3 is 11.6 Å². The normalized spacial score (nSPS) is 9.35. The van der Waals surface area contributed by atoms with E-state index in [9.17, 15) is 0 Å². The summed E-state index contributed by atoms with van der Waals surface area (Å²) in [6.45, 7) is 21.4. The second-order valence-electron chi connectivity index (χ2n) is 6.62. The van der Waals surface area contributed by atoms with E-state index in [0.717, 1.165) is 5.92 Å². The van der Waals surface area contributed by atoms with Crippen LogP contribution in [0.4, 0.5) is 5.69 Å². The molecule has 0 amide bonds. The van der Waals surface area contributed by atoms with E-state index in [-0.39, 0.29) is 5.54 Å². The highest BCUT2D eigenvalue weighted by atomic mass is 32.1. The molecule has 4 heteroatoms. The zero-order valence-corrected chi connectivity index (χ0v) is 17.6. The van der Waals surface area contributed by atoms with Crippen LogP contribution in [-0.2, 0) is 11.6 Å². The lowest BCUT2D eigenvalue weighted by Crippen LogP contribution is -2.26. The van der Waals surface area contributed by atoms with Crippen molar-refractivity contribution in [1.82, 2.24) is 0 Å². The third-order valence-electron chi connectivity index (χ3n) is 2.56. The van der Waals surface area contributed by atoms with E-state index in [1.54, 1.807) is 0 Å². The Morgan fingerprint density at radius 1 is 1.00 bits per heavy atom. The first-order chi connectivity index (χ1) is 10.6. The van der Waals surface area contributed by atoms with Crippen LogP contribution in [0.1, 0.15) is 72.9 Å². The van der Waals surface area contributed by atoms with E-state index < -0.39 is 11.6 Å². The fraction of sp³-hybridized carbons (Fsp3) is 0.684. The molecule has 0 spiro atoms. The summed E-state index contributed by atoms with van der Waals surface area (Å²) in [6.07, 6.45) is 1.31. The van der Waals surface area contributed by atoms with E-state index in [4.69, 9.17) is 8.42 Å². The molecule has 0 radical (unpaired) electrons. The minimum Gasteiger partial charge on any atom is -0.380 e. The van der Waals surface area contributed by atoms with Crippen molar-refractivity contribution in [2.75, 3.05) is 5.32 Å². The molecule has 0 aliphatic carbocycles. The molecule has 0 atom stereocenters. The molecular formula is C19H37NO2S. The predicted octanol–water partition coefficient (Wildman–Crippen LogP) is 5.92. The predicted molar refractivity (Wildman–Crippen MR) is 105 cm³/mol. The van der Waals surface area contributed by atoms with Crippen molar-refractivity contribution in [3.63, 3.8) is 0 Å². The molecule has 1 aromatic rings. The Kier molecular flexibility index (Phi) is 18.3. The first-order valence-corrected chi connectivity index (χ1v) is 9.00. The van der Waals surface area contributed by atoms with Crippen LogP contribution in [-0.4, -0.2) is 14.0 Å². The number of nitrogens with one attached hydrogen (secondary N) is 1. The van der Waals surface area contributed by atoms with Crippen LogP contribution in [0.3, 0.4) is 0 Å². The molecule has 0 saturated carbocycles. The molecule has 1 aromatic carbocycles. The highest BCUT2D eigenvalue weighted by molar-refractivity contribution is 7.51. The Labute approximate surface area is 147 Å². The smallest absolute Gasteiger partial charge is 0.335 e. The third kappa shape index (κ3) is 23.2. The van der Waals surface area contributed by atoms with Crippen LogP contribution in [0.2, 0.25) is 0 Å². The minimum absolute atomic E-state index is 0.139. The van der Waals surface area contributed by atoms with Gasteiger partial charge in [-0.05, 0) is 63.8 Å². The molecule has 0 bridgehead atoms. The molecule has 1 N–H and O–H groups in total. The van der Waals surface area contributed by atoms with Crippen LogP contribution >= 0.6 is 0 Å². The van der Waals surface area contributed by atoms with Gasteiger partial charge in [-0.15, -0.1) is 0 Å². The Morgan fingerprint density at radius 3 is 1.52 bits per heavy atom. The zero-order valence-electron chi connectivity index (χ0n) is 16.7. The van der Waals surface area contributed by atoms with Gasteiger partial charge < -0.3 is 5.32 Å². The first kappa shape index (κ1) is 26.7. The van der Waals surface area contributed by atoms with Crippen molar-refractivity contribution in [2.45, 2.75) is 81.2 Å². The summed E-state index contributed by atoms with van der Waals surface area (Å²) >= 11 is -0.750. The van der Waals surface area contributed by atoms with Gasteiger partial charge in [0.15, 0.2) is 0 Å².